The number of nitriles is 1. The van der Waals surface area contributed by atoms with Gasteiger partial charge >= 0.3 is 0 Å². The fraction of sp³-hybridized carbons (Fsp3) is 0.571. The van der Waals surface area contributed by atoms with Gasteiger partial charge < -0.3 is 0 Å². The Kier molecular flexibility index (Phi) is 4.67. The zero-order chi connectivity index (χ0) is 9.14. The lowest BCUT2D eigenvalue weighted by atomic mass is 10.4. The van der Waals surface area contributed by atoms with E-state index in [0.29, 0.717) is 4.80 Å². The molecule has 0 radical (unpaired) electrons. The van der Waals surface area contributed by atoms with Gasteiger partial charge in [-0.15, -0.1) is 12.4 Å². The first-order valence-electron chi connectivity index (χ1n) is 3.71. The maximum absolute atomic E-state index is 8.61. The zero-order valence-corrected chi connectivity index (χ0v) is 9.08. The molecular weight excluding hydrogens is 208 g/mol. The van der Waals surface area contributed by atoms with Crippen LogP contribution in [-0.2, 0) is 6.42 Å². The summed E-state index contributed by atoms with van der Waals surface area (Å²) in [6.45, 7) is 3.72. The van der Waals surface area contributed by atoms with Crippen LogP contribution in [0, 0.1) is 16.7 Å². The van der Waals surface area contributed by atoms with Crippen LogP contribution in [0.3, 0.4) is 0 Å². The van der Waals surface area contributed by atoms with E-state index < -0.39 is 0 Å². The van der Waals surface area contributed by atoms with Crippen molar-refractivity contribution >= 4 is 23.7 Å². The highest BCUT2D eigenvalue weighted by Crippen LogP contribution is 2.04. The largest absolute Gasteiger partial charge is 0.274 e. The van der Waals surface area contributed by atoms with Gasteiger partial charge in [0.05, 0.1) is 6.07 Å². The molecule has 1 heterocycles. The molecule has 0 spiro atoms. The Bertz CT molecular complexity index is 361. The summed E-state index contributed by atoms with van der Waals surface area (Å²) >= 11 is 1.33. The topological polar surface area (TPSA) is 65.5 Å². The van der Waals surface area contributed by atoms with Gasteiger partial charge in [-0.25, -0.2) is 4.68 Å². The third kappa shape index (κ3) is 2.54. The Balaban J connectivity index is 0.00000144. The van der Waals surface area contributed by atoms with E-state index in [9.17, 15) is 0 Å². The minimum atomic E-state index is -0.339. The number of hydrogen-bond donors (Lipinski definition) is 1. The van der Waals surface area contributed by atoms with E-state index in [1.165, 1.54) is 16.0 Å². The number of halogens is 1. The lowest BCUT2D eigenvalue weighted by Gasteiger charge is -1.99. The third-order valence-corrected chi connectivity index (χ3v) is 2.48. The number of nitrogens with zero attached hydrogens (tertiary/aromatic N) is 3. The summed E-state index contributed by atoms with van der Waals surface area (Å²) in [5.41, 5.74) is 0. The molecule has 72 valence electrons. The summed E-state index contributed by atoms with van der Waals surface area (Å²) in [5.74, 6) is 0. The quantitative estimate of drug-likeness (QED) is 0.818. The second kappa shape index (κ2) is 5.00. The van der Waals surface area contributed by atoms with Crippen molar-refractivity contribution in [1.29, 1.82) is 10.7 Å². The van der Waals surface area contributed by atoms with Crippen molar-refractivity contribution in [2.75, 3.05) is 0 Å². The first-order valence-corrected chi connectivity index (χ1v) is 4.53. The predicted octanol–water partition coefficient (Wildman–Crippen LogP) is 1.49. The molecule has 1 aromatic rings. The number of nitrogens with one attached hydrogen (secondary N) is 1. The van der Waals surface area contributed by atoms with Gasteiger partial charge in [-0.3, -0.25) is 5.41 Å². The highest BCUT2D eigenvalue weighted by Gasteiger charge is 2.07. The first kappa shape index (κ1) is 12.1. The van der Waals surface area contributed by atoms with Crippen LogP contribution in [0.1, 0.15) is 24.9 Å². The number of aromatic nitrogens is 2. The summed E-state index contributed by atoms with van der Waals surface area (Å²) in [7, 11) is 0. The average molecular weight is 219 g/mol. The highest BCUT2D eigenvalue weighted by molar-refractivity contribution is 7.08. The summed E-state index contributed by atoms with van der Waals surface area (Å²) in [5, 5.41) is 21.1. The number of rotatable bonds is 2. The van der Waals surface area contributed by atoms with Crippen LogP contribution < -0.4 is 4.80 Å². The van der Waals surface area contributed by atoms with Crippen molar-refractivity contribution < 1.29 is 0 Å². The van der Waals surface area contributed by atoms with Crippen molar-refractivity contribution in [3.05, 3.63) is 9.81 Å². The number of aryl methyl sites for hydroxylation is 1. The molecule has 0 amide bonds. The van der Waals surface area contributed by atoms with Gasteiger partial charge in [0.25, 0.3) is 0 Å². The normalized spacial score (nSPS) is 11.5. The van der Waals surface area contributed by atoms with Gasteiger partial charge in [0.1, 0.15) is 11.0 Å². The molecule has 0 saturated carbocycles. The van der Waals surface area contributed by atoms with Crippen LogP contribution in [0.15, 0.2) is 0 Å². The molecule has 1 aromatic heterocycles. The van der Waals surface area contributed by atoms with Crippen LogP contribution in [0.5, 0.6) is 0 Å². The molecule has 0 fully saturated rings. The lowest BCUT2D eigenvalue weighted by Crippen LogP contribution is -2.17. The van der Waals surface area contributed by atoms with Crippen LogP contribution in [-0.4, -0.2) is 9.78 Å². The molecule has 13 heavy (non-hydrogen) atoms. The molecule has 1 unspecified atom stereocenters. The van der Waals surface area contributed by atoms with E-state index in [1.54, 1.807) is 6.92 Å². The molecule has 0 aromatic carbocycles. The standard InChI is InChI=1S/C7H10N4S.ClH/c1-3-6-10-11(5(2)4-8)7(9)12-6;/h5,9H,3H2,1-2H3;1H. The molecule has 0 saturated heterocycles. The highest BCUT2D eigenvalue weighted by atomic mass is 35.5. The zero-order valence-electron chi connectivity index (χ0n) is 7.44. The lowest BCUT2D eigenvalue weighted by molar-refractivity contribution is 0.556. The van der Waals surface area contributed by atoms with E-state index in [-0.39, 0.29) is 18.4 Å². The average Bonchev–Trinajstić information content (AvgIpc) is 2.45. The van der Waals surface area contributed by atoms with E-state index in [4.69, 9.17) is 10.7 Å². The van der Waals surface area contributed by atoms with Gasteiger partial charge in [-0.2, -0.15) is 10.4 Å². The summed E-state index contributed by atoms with van der Waals surface area (Å²) < 4.78 is 1.45. The Labute approximate surface area is 86.7 Å². The maximum atomic E-state index is 8.61. The van der Waals surface area contributed by atoms with Crippen LogP contribution >= 0.6 is 23.7 Å². The smallest absolute Gasteiger partial charge is 0.201 e. The Morgan fingerprint density at radius 1 is 1.77 bits per heavy atom. The van der Waals surface area contributed by atoms with Gasteiger partial charge in [0.15, 0.2) is 0 Å². The molecule has 6 heteroatoms. The van der Waals surface area contributed by atoms with Gasteiger partial charge in [0.2, 0.25) is 4.80 Å². The molecule has 0 aliphatic carbocycles. The van der Waals surface area contributed by atoms with Crippen molar-refractivity contribution in [2.24, 2.45) is 0 Å². The summed E-state index contributed by atoms with van der Waals surface area (Å²) in [6.07, 6.45) is 0.821. The Morgan fingerprint density at radius 2 is 2.38 bits per heavy atom. The second-order valence-electron chi connectivity index (χ2n) is 2.40. The molecule has 4 nitrogen and oxygen atoms in total. The van der Waals surface area contributed by atoms with Crippen molar-refractivity contribution in [3.8, 4) is 6.07 Å². The molecule has 0 bridgehead atoms. The predicted molar refractivity (Wildman–Crippen MR) is 52.9 cm³/mol. The molecule has 1 atom stereocenters. The molecule has 1 rings (SSSR count). The molecular formula is C7H11ClN4S. The first-order chi connectivity index (χ1) is 5.69. The minimum absolute atomic E-state index is 0. The minimum Gasteiger partial charge on any atom is -0.274 e. The van der Waals surface area contributed by atoms with E-state index >= 15 is 0 Å². The van der Waals surface area contributed by atoms with Crippen LogP contribution in [0.4, 0.5) is 0 Å². The molecule has 1 N–H and O–H groups in total. The molecule has 0 aliphatic rings. The molecule has 0 aliphatic heterocycles. The summed E-state index contributed by atoms with van der Waals surface area (Å²) in [6, 6.07) is 1.71. The monoisotopic (exact) mass is 218 g/mol. The Morgan fingerprint density at radius 3 is 2.77 bits per heavy atom. The van der Waals surface area contributed by atoms with Gasteiger partial charge in [0, 0.05) is 0 Å². The number of hydrogen-bond acceptors (Lipinski definition) is 4. The van der Waals surface area contributed by atoms with Gasteiger partial charge in [-0.1, -0.05) is 18.3 Å². The van der Waals surface area contributed by atoms with Crippen LogP contribution in [0.2, 0.25) is 0 Å². The fourth-order valence-electron chi connectivity index (χ4n) is 0.804. The van der Waals surface area contributed by atoms with E-state index in [0.717, 1.165) is 11.4 Å². The van der Waals surface area contributed by atoms with Crippen molar-refractivity contribution in [3.63, 3.8) is 0 Å². The van der Waals surface area contributed by atoms with Crippen molar-refractivity contribution in [2.45, 2.75) is 26.3 Å². The van der Waals surface area contributed by atoms with E-state index in [1.807, 2.05) is 13.0 Å². The van der Waals surface area contributed by atoms with Crippen molar-refractivity contribution in [1.82, 2.24) is 9.78 Å². The second-order valence-corrected chi connectivity index (χ2v) is 3.47. The SMILES string of the molecule is CCc1nn(C(C)C#N)c(=N)s1.Cl. The van der Waals surface area contributed by atoms with E-state index in [2.05, 4.69) is 5.10 Å². The summed E-state index contributed by atoms with van der Waals surface area (Å²) in [4.78, 5) is 0.348. The fourth-order valence-corrected chi connectivity index (χ4v) is 1.59. The van der Waals surface area contributed by atoms with Gasteiger partial charge in [-0.05, 0) is 13.3 Å². The Hall–Kier alpha value is -0.860. The maximum Gasteiger partial charge on any atom is 0.201 e. The third-order valence-electron chi connectivity index (χ3n) is 1.50. The van der Waals surface area contributed by atoms with Crippen LogP contribution in [0.25, 0.3) is 0 Å².